The van der Waals surface area contributed by atoms with Crippen LogP contribution in [-0.2, 0) is 16.1 Å². The Morgan fingerprint density at radius 1 is 1.14 bits per heavy atom. The number of carbonyl (C=O) groups excluding carboxylic acids is 3. The van der Waals surface area contributed by atoms with Crippen molar-refractivity contribution in [2.75, 3.05) is 7.11 Å². The van der Waals surface area contributed by atoms with Gasteiger partial charge in [-0.15, -0.1) is 0 Å². The third kappa shape index (κ3) is 3.56. The van der Waals surface area contributed by atoms with Crippen molar-refractivity contribution in [3.63, 3.8) is 0 Å². The highest BCUT2D eigenvalue weighted by Gasteiger charge is 2.26. The highest BCUT2D eigenvalue weighted by molar-refractivity contribution is 8.18. The van der Waals surface area contributed by atoms with Gasteiger partial charge in [0.1, 0.15) is 0 Å². The summed E-state index contributed by atoms with van der Waals surface area (Å²) in [5.41, 5.74) is 4.47. The molecule has 0 bridgehead atoms. The number of carbonyl (C=O) groups is 3. The Balaban J connectivity index is 1.75. The number of benzene rings is 2. The van der Waals surface area contributed by atoms with Crippen LogP contribution < -0.4 is 5.32 Å². The minimum Gasteiger partial charge on any atom is -0.465 e. The monoisotopic (exact) mass is 406 g/mol. The molecule has 2 amide bonds. The van der Waals surface area contributed by atoms with Gasteiger partial charge in [-0.3, -0.25) is 14.9 Å². The molecule has 1 aliphatic rings. The van der Waals surface area contributed by atoms with E-state index in [4.69, 9.17) is 4.74 Å². The van der Waals surface area contributed by atoms with Crippen molar-refractivity contribution in [3.05, 3.63) is 75.8 Å². The summed E-state index contributed by atoms with van der Waals surface area (Å²) in [6.07, 6.45) is 1.78. The van der Waals surface area contributed by atoms with Gasteiger partial charge in [-0.2, -0.15) is 0 Å². The minimum atomic E-state index is -0.366. The van der Waals surface area contributed by atoms with Crippen LogP contribution >= 0.6 is 11.8 Å². The van der Waals surface area contributed by atoms with E-state index in [2.05, 4.69) is 9.88 Å². The van der Waals surface area contributed by atoms with Gasteiger partial charge in [0.15, 0.2) is 0 Å². The highest BCUT2D eigenvalue weighted by Crippen LogP contribution is 2.32. The fraction of sp³-hybridized carbons (Fsp3) is 0.136. The topological polar surface area (TPSA) is 77.4 Å². The zero-order chi connectivity index (χ0) is 20.5. The first-order chi connectivity index (χ1) is 14.0. The number of para-hydroxylation sites is 1. The standard InChI is InChI=1S/C22H18N2O4S/c1-13-17(11-19-20(25)23-22(27)29-19)16-5-3-4-6-18(16)24(13)12-14-7-9-15(10-8-14)21(26)28-2/h3-11H,12H2,1-2H3,(H,23,25,27). The smallest absolute Gasteiger partial charge is 0.337 e. The molecule has 0 aliphatic carbocycles. The van der Waals surface area contributed by atoms with Crippen LogP contribution in [-0.4, -0.2) is 28.8 Å². The number of thioether (sulfide) groups is 1. The molecule has 0 atom stereocenters. The quantitative estimate of drug-likeness (QED) is 0.521. The average Bonchev–Trinajstić information content (AvgIpc) is 3.19. The van der Waals surface area contributed by atoms with Crippen LogP contribution in [0, 0.1) is 6.92 Å². The first-order valence-electron chi connectivity index (χ1n) is 8.98. The molecule has 29 heavy (non-hydrogen) atoms. The molecule has 1 N–H and O–H groups in total. The van der Waals surface area contributed by atoms with Crippen LogP contribution in [0.2, 0.25) is 0 Å². The SMILES string of the molecule is COC(=O)c1ccc(Cn2c(C)c(C=C3SC(=O)NC3=O)c3ccccc32)cc1. The Bertz CT molecular complexity index is 1180. The van der Waals surface area contributed by atoms with Gasteiger partial charge in [0, 0.05) is 28.7 Å². The number of ether oxygens (including phenoxy) is 1. The number of nitrogens with one attached hydrogen (secondary N) is 1. The van der Waals surface area contributed by atoms with E-state index in [9.17, 15) is 14.4 Å². The Kier molecular flexibility index (Phi) is 4.98. The maximum atomic E-state index is 12.0. The molecule has 1 saturated heterocycles. The van der Waals surface area contributed by atoms with Crippen LogP contribution in [0.4, 0.5) is 4.79 Å². The molecule has 3 aromatic rings. The summed E-state index contributed by atoms with van der Waals surface area (Å²) in [4.78, 5) is 35.5. The normalized spacial score (nSPS) is 15.2. The predicted molar refractivity (Wildman–Crippen MR) is 113 cm³/mol. The number of methoxy groups -OCH3 is 1. The molecule has 0 spiro atoms. The molecule has 2 heterocycles. The summed E-state index contributed by atoms with van der Waals surface area (Å²) in [5.74, 6) is -0.732. The molecular weight excluding hydrogens is 388 g/mol. The second-order valence-electron chi connectivity index (χ2n) is 6.64. The lowest BCUT2D eigenvalue weighted by molar-refractivity contribution is -0.115. The van der Waals surface area contributed by atoms with E-state index in [0.717, 1.165) is 39.5 Å². The fourth-order valence-electron chi connectivity index (χ4n) is 3.44. The molecule has 0 unspecified atom stereocenters. The Labute approximate surface area is 171 Å². The Morgan fingerprint density at radius 3 is 2.52 bits per heavy atom. The van der Waals surface area contributed by atoms with Crippen molar-refractivity contribution in [3.8, 4) is 0 Å². The van der Waals surface area contributed by atoms with E-state index in [1.54, 1.807) is 18.2 Å². The van der Waals surface area contributed by atoms with Crippen LogP contribution in [0.3, 0.4) is 0 Å². The number of esters is 1. The molecule has 0 saturated carbocycles. The van der Waals surface area contributed by atoms with Crippen molar-refractivity contribution < 1.29 is 19.1 Å². The number of hydrogen-bond acceptors (Lipinski definition) is 5. The number of fused-ring (bicyclic) bond motifs is 1. The molecule has 1 aliphatic heterocycles. The van der Waals surface area contributed by atoms with Crippen molar-refractivity contribution >= 4 is 45.9 Å². The van der Waals surface area contributed by atoms with Crippen LogP contribution in [0.1, 0.15) is 27.2 Å². The summed E-state index contributed by atoms with van der Waals surface area (Å²) in [5, 5.41) is 2.95. The minimum absolute atomic E-state index is 0.353. The molecule has 0 radical (unpaired) electrons. The lowest BCUT2D eigenvalue weighted by atomic mass is 10.1. The zero-order valence-electron chi connectivity index (χ0n) is 15.9. The van der Waals surface area contributed by atoms with Crippen LogP contribution in [0.15, 0.2) is 53.4 Å². The molecule has 7 heteroatoms. The second kappa shape index (κ2) is 7.60. The van der Waals surface area contributed by atoms with Crippen molar-refractivity contribution in [2.24, 2.45) is 0 Å². The number of aromatic nitrogens is 1. The van der Waals surface area contributed by atoms with E-state index in [-0.39, 0.29) is 17.1 Å². The lowest BCUT2D eigenvalue weighted by Gasteiger charge is -2.09. The molecular formula is C22H18N2O4S. The van der Waals surface area contributed by atoms with Crippen LogP contribution in [0.5, 0.6) is 0 Å². The van der Waals surface area contributed by atoms with Gasteiger partial charge in [0.2, 0.25) is 0 Å². The molecule has 146 valence electrons. The predicted octanol–water partition coefficient (Wildman–Crippen LogP) is 4.11. The number of imide groups is 1. The maximum Gasteiger partial charge on any atom is 0.337 e. The van der Waals surface area contributed by atoms with Gasteiger partial charge in [-0.25, -0.2) is 4.79 Å². The summed E-state index contributed by atoms with van der Waals surface area (Å²) in [6.45, 7) is 2.60. The van der Waals surface area contributed by atoms with E-state index < -0.39 is 0 Å². The third-order valence-electron chi connectivity index (χ3n) is 4.91. The Morgan fingerprint density at radius 2 is 1.86 bits per heavy atom. The Hall–Kier alpha value is -3.32. The molecule has 2 aromatic carbocycles. The van der Waals surface area contributed by atoms with Gasteiger partial charge in [0.25, 0.3) is 11.1 Å². The fourth-order valence-corrected chi connectivity index (χ4v) is 4.11. The number of rotatable bonds is 4. The third-order valence-corrected chi connectivity index (χ3v) is 5.72. The number of nitrogens with zero attached hydrogens (tertiary/aromatic N) is 1. The molecule has 1 aromatic heterocycles. The van der Waals surface area contributed by atoms with Crippen molar-refractivity contribution in [1.29, 1.82) is 0 Å². The van der Waals surface area contributed by atoms with E-state index >= 15 is 0 Å². The summed E-state index contributed by atoms with van der Waals surface area (Å²) < 4.78 is 6.91. The van der Waals surface area contributed by atoms with E-state index in [1.807, 2.05) is 43.3 Å². The van der Waals surface area contributed by atoms with Gasteiger partial charge in [-0.1, -0.05) is 30.3 Å². The number of hydrogen-bond donors (Lipinski definition) is 1. The molecule has 1 fully saturated rings. The first-order valence-corrected chi connectivity index (χ1v) is 9.79. The zero-order valence-corrected chi connectivity index (χ0v) is 16.7. The van der Waals surface area contributed by atoms with Crippen molar-refractivity contribution in [1.82, 2.24) is 9.88 Å². The summed E-state index contributed by atoms with van der Waals surface area (Å²) in [7, 11) is 1.36. The summed E-state index contributed by atoms with van der Waals surface area (Å²) >= 11 is 0.914. The van der Waals surface area contributed by atoms with E-state index in [0.29, 0.717) is 17.0 Å². The van der Waals surface area contributed by atoms with Crippen molar-refractivity contribution in [2.45, 2.75) is 13.5 Å². The molecule has 6 nitrogen and oxygen atoms in total. The molecule has 4 rings (SSSR count). The van der Waals surface area contributed by atoms with E-state index in [1.165, 1.54) is 7.11 Å². The maximum absolute atomic E-state index is 12.0. The second-order valence-corrected chi connectivity index (χ2v) is 7.66. The van der Waals surface area contributed by atoms with Gasteiger partial charge < -0.3 is 9.30 Å². The average molecular weight is 406 g/mol. The number of amides is 2. The van der Waals surface area contributed by atoms with Gasteiger partial charge >= 0.3 is 5.97 Å². The lowest BCUT2D eigenvalue weighted by Crippen LogP contribution is -2.17. The van der Waals surface area contributed by atoms with Gasteiger partial charge in [0.05, 0.1) is 17.6 Å². The largest absolute Gasteiger partial charge is 0.465 e. The first kappa shape index (κ1) is 19.0. The highest BCUT2D eigenvalue weighted by atomic mass is 32.2. The summed E-state index contributed by atoms with van der Waals surface area (Å²) in [6, 6.07) is 15.2. The van der Waals surface area contributed by atoms with Gasteiger partial charge in [-0.05, 0) is 48.5 Å². The van der Waals surface area contributed by atoms with Crippen LogP contribution in [0.25, 0.3) is 17.0 Å².